The van der Waals surface area contributed by atoms with Crippen LogP contribution in [0.4, 0.5) is 10.5 Å². The number of amides is 6. The second kappa shape index (κ2) is 38.2. The molecule has 0 atom stereocenters. The van der Waals surface area contributed by atoms with E-state index < -0.39 is 23.8 Å². The van der Waals surface area contributed by atoms with E-state index in [4.69, 9.17) is 62.7 Å². The summed E-state index contributed by atoms with van der Waals surface area (Å²) in [7, 11) is 0. The number of hydroxylamine groups is 2. The molecule has 3 aliphatic rings. The minimum atomic E-state index is -0.643. The molecule has 25 nitrogen and oxygen atoms in total. The Morgan fingerprint density at radius 3 is 1.58 bits per heavy atom. The normalized spacial score (nSPS) is 14.1. The van der Waals surface area contributed by atoms with Gasteiger partial charge in [-0.25, -0.2) is 14.9 Å². The van der Waals surface area contributed by atoms with Gasteiger partial charge in [0, 0.05) is 68.0 Å². The molecule has 0 unspecified atom stereocenters. The van der Waals surface area contributed by atoms with Crippen molar-refractivity contribution in [3.05, 3.63) is 47.1 Å². The SMILES string of the molecule is CCCN(OCCNC(=O)OCCOCCOCCOCCOCCOCCOCCOCCOCCOCCOCCNC(=O)CN1C(=O)C=CC1=O)C(=O)C1=Cc2ccc(C(=O)N3CCC3)cc2N=C(N)C1. The minimum absolute atomic E-state index is 0.0275. The van der Waals surface area contributed by atoms with Gasteiger partial charge in [-0.1, -0.05) is 13.0 Å². The Morgan fingerprint density at radius 1 is 0.635 bits per heavy atom. The lowest BCUT2D eigenvalue weighted by Crippen LogP contribution is -2.41. The van der Waals surface area contributed by atoms with Gasteiger partial charge in [0.1, 0.15) is 19.0 Å². The van der Waals surface area contributed by atoms with Gasteiger partial charge in [-0.05, 0) is 31.1 Å². The molecule has 4 rings (SSSR count). The predicted molar refractivity (Wildman–Crippen MR) is 265 cm³/mol. The number of alkyl carbamates (subject to hydrolysis) is 1. The molecule has 3 heterocycles. The molecular formula is C49H75N7O18. The Morgan fingerprint density at radius 2 is 1.11 bits per heavy atom. The largest absolute Gasteiger partial charge is 0.447 e. The van der Waals surface area contributed by atoms with Crippen molar-refractivity contribution in [3.63, 3.8) is 0 Å². The van der Waals surface area contributed by atoms with E-state index in [1.54, 1.807) is 29.2 Å². The lowest BCUT2D eigenvalue weighted by atomic mass is 10.0. The van der Waals surface area contributed by atoms with Crippen molar-refractivity contribution in [1.82, 2.24) is 25.5 Å². The fourth-order valence-corrected chi connectivity index (χ4v) is 6.63. The molecule has 0 bridgehead atoms. The first-order chi connectivity index (χ1) is 36.2. The van der Waals surface area contributed by atoms with E-state index in [0.29, 0.717) is 154 Å². The Balaban J connectivity index is 0.823. The van der Waals surface area contributed by atoms with Gasteiger partial charge in [0.2, 0.25) is 5.91 Å². The van der Waals surface area contributed by atoms with E-state index in [2.05, 4.69) is 15.6 Å². The summed E-state index contributed by atoms with van der Waals surface area (Å²) in [4.78, 5) is 86.0. The van der Waals surface area contributed by atoms with Gasteiger partial charge in [0.05, 0.1) is 144 Å². The molecule has 4 N–H and O–H groups in total. The van der Waals surface area contributed by atoms with Gasteiger partial charge in [-0.3, -0.25) is 33.7 Å². The Labute approximate surface area is 432 Å². The third kappa shape index (κ3) is 25.7. The summed E-state index contributed by atoms with van der Waals surface area (Å²) in [6.07, 6.45) is 5.08. The molecule has 6 amide bonds. The zero-order chi connectivity index (χ0) is 52.9. The molecule has 1 aromatic rings. The summed E-state index contributed by atoms with van der Waals surface area (Å²) >= 11 is 0. The maximum Gasteiger partial charge on any atom is 0.407 e. The number of rotatable bonds is 43. The number of ether oxygens (including phenoxy) is 11. The third-order valence-corrected chi connectivity index (χ3v) is 10.5. The number of carbonyl (C=O) groups is 6. The van der Waals surface area contributed by atoms with Crippen molar-refractivity contribution in [2.45, 2.75) is 26.2 Å². The monoisotopic (exact) mass is 1050 g/mol. The summed E-state index contributed by atoms with van der Waals surface area (Å²) in [5.74, 6) is -1.61. The summed E-state index contributed by atoms with van der Waals surface area (Å²) in [6, 6.07) is 5.21. The van der Waals surface area contributed by atoms with Crippen LogP contribution >= 0.6 is 0 Å². The van der Waals surface area contributed by atoms with Crippen LogP contribution in [0.1, 0.15) is 42.1 Å². The number of carbonyl (C=O) groups excluding carboxylic acids is 6. The van der Waals surface area contributed by atoms with Crippen LogP contribution in [0.5, 0.6) is 0 Å². The van der Waals surface area contributed by atoms with Gasteiger partial charge >= 0.3 is 6.09 Å². The molecule has 0 aromatic heterocycles. The standard InChI is InChI=1S/C49H75N7O18/c1-2-10-56(48(61)41-35-39-4-5-40(47(60)54-11-3-12-54)36-42(39)53-43(50)37-41)74-14-9-52-49(62)73-34-33-72-32-31-71-30-29-70-28-27-69-26-25-68-24-23-67-22-21-66-20-19-65-18-17-64-16-15-63-13-8-51-44(57)38-55-45(58)6-7-46(55)59/h4-7,35-36H,2-3,8-34,37-38H2,1H3,(H2,50,53)(H,51,57)(H,52,62). The average Bonchev–Trinajstić information content (AvgIpc) is 3.57. The highest BCUT2D eigenvalue weighted by molar-refractivity contribution is 6.14. The second-order valence-corrected chi connectivity index (χ2v) is 16.2. The fourth-order valence-electron chi connectivity index (χ4n) is 6.63. The number of nitrogens with two attached hydrogens (primary N) is 1. The van der Waals surface area contributed by atoms with Crippen molar-refractivity contribution in [2.75, 3.05) is 185 Å². The van der Waals surface area contributed by atoms with Crippen LogP contribution in [-0.4, -0.2) is 241 Å². The average molecular weight is 1050 g/mol. The first-order valence-electron chi connectivity index (χ1n) is 25.1. The van der Waals surface area contributed by atoms with Crippen molar-refractivity contribution < 1.29 is 85.7 Å². The number of aliphatic imine (C=N–C) groups is 1. The molecule has 25 heteroatoms. The summed E-state index contributed by atoms with van der Waals surface area (Å²) in [5.41, 5.74) is 8.31. The van der Waals surface area contributed by atoms with E-state index in [1.165, 1.54) is 5.06 Å². The van der Waals surface area contributed by atoms with Crippen LogP contribution in [0.2, 0.25) is 0 Å². The smallest absolute Gasteiger partial charge is 0.407 e. The zero-order valence-electron chi connectivity index (χ0n) is 42.6. The number of fused-ring (bicyclic) bond motifs is 1. The van der Waals surface area contributed by atoms with E-state index in [0.717, 1.165) is 36.6 Å². The molecule has 0 spiro atoms. The number of hydrogen-bond donors (Lipinski definition) is 3. The Hall–Kier alpha value is -5.45. The van der Waals surface area contributed by atoms with Gasteiger partial charge in [0.25, 0.3) is 23.6 Å². The van der Waals surface area contributed by atoms with Crippen molar-refractivity contribution in [1.29, 1.82) is 0 Å². The van der Waals surface area contributed by atoms with Crippen molar-refractivity contribution in [3.8, 4) is 0 Å². The van der Waals surface area contributed by atoms with Crippen LogP contribution in [0, 0.1) is 0 Å². The van der Waals surface area contributed by atoms with Crippen LogP contribution < -0.4 is 16.4 Å². The third-order valence-electron chi connectivity index (χ3n) is 10.5. The molecule has 1 aromatic carbocycles. The molecule has 74 heavy (non-hydrogen) atoms. The highest BCUT2D eigenvalue weighted by Gasteiger charge is 2.27. The Kier molecular flexibility index (Phi) is 31.5. The summed E-state index contributed by atoms with van der Waals surface area (Å²) in [5, 5.41) is 6.44. The van der Waals surface area contributed by atoms with Gasteiger partial charge in [-0.2, -0.15) is 0 Å². The lowest BCUT2D eigenvalue weighted by Gasteiger charge is -2.31. The van der Waals surface area contributed by atoms with Gasteiger partial charge in [-0.15, -0.1) is 0 Å². The molecule has 1 fully saturated rings. The highest BCUT2D eigenvalue weighted by atomic mass is 16.7. The number of nitrogens with zero attached hydrogens (tertiary/aromatic N) is 4. The number of likely N-dealkylation sites (tertiary alicyclic amines) is 1. The Bertz CT molecular complexity index is 1930. The molecule has 414 valence electrons. The minimum Gasteiger partial charge on any atom is -0.447 e. The van der Waals surface area contributed by atoms with E-state index >= 15 is 0 Å². The lowest BCUT2D eigenvalue weighted by molar-refractivity contribution is -0.181. The first-order valence-corrected chi connectivity index (χ1v) is 25.1. The first kappa shape index (κ1) is 61.1. The number of imide groups is 1. The maximum atomic E-state index is 13.5. The molecular weight excluding hydrogens is 975 g/mol. The molecule has 0 aliphatic carbocycles. The summed E-state index contributed by atoms with van der Waals surface area (Å²) < 4.78 is 59.8. The summed E-state index contributed by atoms with van der Waals surface area (Å²) in [6.45, 7) is 11.6. The number of amidine groups is 1. The fraction of sp³-hybridized carbons (Fsp3) is 0.653. The van der Waals surface area contributed by atoms with E-state index in [9.17, 15) is 28.8 Å². The van der Waals surface area contributed by atoms with E-state index in [-0.39, 0.29) is 70.1 Å². The van der Waals surface area contributed by atoms with Crippen LogP contribution in [-0.2, 0) is 76.1 Å². The molecule has 3 aliphatic heterocycles. The van der Waals surface area contributed by atoms with Gasteiger partial charge in [0.15, 0.2) is 0 Å². The molecule has 0 radical (unpaired) electrons. The number of benzene rings is 1. The zero-order valence-corrected chi connectivity index (χ0v) is 42.6. The number of nitrogens with one attached hydrogen (secondary N) is 2. The van der Waals surface area contributed by atoms with Crippen molar-refractivity contribution >= 4 is 53.2 Å². The van der Waals surface area contributed by atoms with Gasteiger partial charge < -0.3 is 73.4 Å². The predicted octanol–water partition coefficient (Wildman–Crippen LogP) is 0.412. The van der Waals surface area contributed by atoms with Crippen molar-refractivity contribution in [2.24, 2.45) is 10.7 Å². The molecule has 1 saturated heterocycles. The maximum absolute atomic E-state index is 13.5. The van der Waals surface area contributed by atoms with Crippen LogP contribution in [0.25, 0.3) is 6.08 Å². The van der Waals surface area contributed by atoms with Crippen LogP contribution in [0.15, 0.2) is 40.9 Å². The number of hydrogen-bond acceptors (Lipinski definition) is 20. The quantitative estimate of drug-likeness (QED) is 0.0454. The van der Waals surface area contributed by atoms with Crippen LogP contribution in [0.3, 0.4) is 0 Å². The molecule has 0 saturated carbocycles. The van der Waals surface area contributed by atoms with E-state index in [1.807, 2.05) is 6.92 Å². The highest BCUT2D eigenvalue weighted by Crippen LogP contribution is 2.29. The topological polar surface area (TPSA) is 285 Å². The second-order valence-electron chi connectivity index (χ2n) is 16.2.